The van der Waals surface area contributed by atoms with E-state index in [4.69, 9.17) is 9.47 Å². The molecule has 6 rings (SSSR count). The first-order chi connectivity index (χ1) is 20.4. The van der Waals surface area contributed by atoms with Gasteiger partial charge in [-0.25, -0.2) is 9.78 Å². The zero-order chi connectivity index (χ0) is 29.4. The van der Waals surface area contributed by atoms with Crippen LogP contribution < -0.4 is 14.5 Å². The third-order valence-corrected chi connectivity index (χ3v) is 8.11. The van der Waals surface area contributed by atoms with E-state index in [1.165, 1.54) is 0 Å². The number of pyridine rings is 2. The maximum Gasteiger partial charge on any atom is 0.359 e. The van der Waals surface area contributed by atoms with E-state index in [2.05, 4.69) is 87.6 Å². The number of nitrogens with zero attached hydrogens (tertiary/aromatic N) is 4. The average molecular weight is 561 g/mol. The lowest BCUT2D eigenvalue weighted by Gasteiger charge is -2.33. The lowest BCUT2D eigenvalue weighted by atomic mass is 9.80. The van der Waals surface area contributed by atoms with E-state index in [1.54, 1.807) is 6.20 Å². The minimum Gasteiger partial charge on any atom is -0.493 e. The van der Waals surface area contributed by atoms with Crippen LogP contribution in [0.15, 0.2) is 91.3 Å². The summed E-state index contributed by atoms with van der Waals surface area (Å²) in [5.74, 6) is 0.215. The molecule has 0 radical (unpaired) electrons. The Morgan fingerprint density at radius 1 is 0.881 bits per heavy atom. The number of rotatable bonds is 9. The lowest BCUT2D eigenvalue weighted by molar-refractivity contribution is 0.0228. The number of carbonyl (C=O) groups excluding carboxylic acids is 1. The molecular weight excluding hydrogens is 524 g/mol. The van der Waals surface area contributed by atoms with Crippen molar-refractivity contribution in [2.75, 3.05) is 43.6 Å². The number of benzene rings is 2. The van der Waals surface area contributed by atoms with Crippen LogP contribution in [-0.4, -0.2) is 49.1 Å². The van der Waals surface area contributed by atoms with E-state index in [9.17, 15) is 4.79 Å². The molecule has 1 aliphatic rings. The first kappa shape index (κ1) is 27.4. The first-order valence-electron chi connectivity index (χ1n) is 14.5. The molecule has 42 heavy (non-hydrogen) atoms. The molecule has 0 fully saturated rings. The van der Waals surface area contributed by atoms with Gasteiger partial charge in [-0.3, -0.25) is 0 Å². The van der Waals surface area contributed by atoms with Crippen molar-refractivity contribution in [3.63, 3.8) is 0 Å². The van der Waals surface area contributed by atoms with E-state index in [-0.39, 0.29) is 0 Å². The van der Waals surface area contributed by atoms with Gasteiger partial charge in [-0.1, -0.05) is 24.3 Å². The van der Waals surface area contributed by atoms with E-state index < -0.39 is 11.6 Å². The summed E-state index contributed by atoms with van der Waals surface area (Å²) in [4.78, 5) is 22.5. The van der Waals surface area contributed by atoms with Crippen LogP contribution in [0.4, 0.5) is 11.4 Å². The van der Waals surface area contributed by atoms with Gasteiger partial charge < -0.3 is 23.7 Å². The Labute approximate surface area is 246 Å². The van der Waals surface area contributed by atoms with Gasteiger partial charge in [0.05, 0.1) is 12.3 Å². The highest BCUT2D eigenvalue weighted by Crippen LogP contribution is 2.53. The van der Waals surface area contributed by atoms with Crippen LogP contribution in [0.5, 0.6) is 5.75 Å². The molecule has 0 saturated carbocycles. The number of hydrogen-bond donors (Lipinski definition) is 0. The van der Waals surface area contributed by atoms with E-state index >= 15 is 0 Å². The van der Waals surface area contributed by atoms with Crippen LogP contribution in [0.2, 0.25) is 0 Å². The fourth-order valence-electron chi connectivity index (χ4n) is 6.10. The Hall–Kier alpha value is -4.78. The molecule has 0 amide bonds. The highest BCUT2D eigenvalue weighted by molar-refractivity contribution is 5.95. The van der Waals surface area contributed by atoms with Crippen molar-refractivity contribution < 1.29 is 14.3 Å². The number of fused-ring (bicyclic) bond motifs is 2. The number of ether oxygens (including phenoxy) is 2. The summed E-state index contributed by atoms with van der Waals surface area (Å²) in [6.45, 7) is 8.45. The second-order valence-corrected chi connectivity index (χ2v) is 10.6. The minimum absolute atomic E-state index is 0.313. The van der Waals surface area contributed by atoms with Gasteiger partial charge in [0.2, 0.25) is 5.60 Å². The molecular formula is C35H36N4O3. The van der Waals surface area contributed by atoms with Crippen LogP contribution in [0.3, 0.4) is 0 Å². The zero-order valence-electron chi connectivity index (χ0n) is 24.8. The molecule has 214 valence electrons. The van der Waals surface area contributed by atoms with Gasteiger partial charge in [0, 0.05) is 79.2 Å². The SMILES string of the molecule is CCOc1cc(N(CC)CC)ccc1C1(c2c(-c3ccc(N(C)C)cc3)cc3ccccn23)OC(=O)c2ncccc21. The molecule has 7 nitrogen and oxygen atoms in total. The van der Waals surface area contributed by atoms with Gasteiger partial charge in [0.15, 0.2) is 5.69 Å². The van der Waals surface area contributed by atoms with E-state index in [0.717, 1.165) is 52.4 Å². The normalized spacial score (nSPS) is 15.9. The maximum absolute atomic E-state index is 13.6. The summed E-state index contributed by atoms with van der Waals surface area (Å²) in [6, 6.07) is 26.7. The van der Waals surface area contributed by atoms with Gasteiger partial charge in [-0.05, 0) is 74.9 Å². The Balaban J connectivity index is 1.71. The van der Waals surface area contributed by atoms with Crippen molar-refractivity contribution in [1.29, 1.82) is 0 Å². The van der Waals surface area contributed by atoms with Gasteiger partial charge in [0.1, 0.15) is 5.75 Å². The summed E-state index contributed by atoms with van der Waals surface area (Å²) in [5, 5.41) is 0. The van der Waals surface area contributed by atoms with Gasteiger partial charge >= 0.3 is 5.97 Å². The molecule has 0 N–H and O–H groups in total. The molecule has 1 atom stereocenters. The zero-order valence-corrected chi connectivity index (χ0v) is 24.8. The molecule has 4 heterocycles. The fourth-order valence-corrected chi connectivity index (χ4v) is 6.10. The Bertz CT molecular complexity index is 1750. The topological polar surface area (TPSA) is 59.3 Å². The van der Waals surface area contributed by atoms with Gasteiger partial charge in [0.25, 0.3) is 0 Å². The van der Waals surface area contributed by atoms with Crippen molar-refractivity contribution in [2.45, 2.75) is 26.4 Å². The number of hydrogen-bond acceptors (Lipinski definition) is 6. The molecule has 7 heteroatoms. The number of cyclic esters (lactones) is 1. The predicted molar refractivity (Wildman–Crippen MR) is 168 cm³/mol. The number of carbonyl (C=O) groups is 1. The summed E-state index contributed by atoms with van der Waals surface area (Å²) < 4.78 is 15.1. The molecule has 3 aromatic heterocycles. The number of anilines is 2. The van der Waals surface area contributed by atoms with Crippen molar-refractivity contribution in [3.8, 4) is 16.9 Å². The van der Waals surface area contributed by atoms with Crippen LogP contribution in [0.25, 0.3) is 16.6 Å². The van der Waals surface area contributed by atoms with E-state index in [0.29, 0.717) is 23.6 Å². The highest BCUT2D eigenvalue weighted by Gasteiger charge is 2.53. The smallest absolute Gasteiger partial charge is 0.359 e. The third-order valence-electron chi connectivity index (χ3n) is 8.11. The standard InChI is InChI=1S/C35H36N4O3/c1-6-38(7-2)26-18-19-29(31(23-26)41-8-3)35(30-13-11-20-36-32(30)34(40)42-35)33-28(22-27-12-9-10-21-39(27)33)24-14-16-25(17-15-24)37(4)5/h9-23H,6-8H2,1-5H3. The monoisotopic (exact) mass is 560 g/mol. The lowest BCUT2D eigenvalue weighted by Crippen LogP contribution is -2.33. The quantitative estimate of drug-likeness (QED) is 0.185. The van der Waals surface area contributed by atoms with E-state index in [1.807, 2.05) is 51.5 Å². The predicted octanol–water partition coefficient (Wildman–Crippen LogP) is 6.77. The summed E-state index contributed by atoms with van der Waals surface area (Å²) in [6.07, 6.45) is 3.66. The highest BCUT2D eigenvalue weighted by atomic mass is 16.6. The maximum atomic E-state index is 13.6. The van der Waals surface area contributed by atoms with Crippen LogP contribution in [0, 0.1) is 0 Å². The van der Waals surface area contributed by atoms with Crippen molar-refractivity contribution in [2.24, 2.45) is 0 Å². The van der Waals surface area contributed by atoms with Crippen LogP contribution in [-0.2, 0) is 10.3 Å². The average Bonchev–Trinajstić information content (AvgIpc) is 3.54. The minimum atomic E-state index is -1.31. The third kappa shape index (κ3) is 4.28. The van der Waals surface area contributed by atoms with Crippen molar-refractivity contribution in [1.82, 2.24) is 9.38 Å². The van der Waals surface area contributed by atoms with Gasteiger partial charge in [-0.15, -0.1) is 0 Å². The summed E-state index contributed by atoms with van der Waals surface area (Å²) >= 11 is 0. The van der Waals surface area contributed by atoms with Crippen molar-refractivity contribution >= 4 is 22.9 Å². The van der Waals surface area contributed by atoms with Crippen LogP contribution in [0.1, 0.15) is 48.1 Å². The Kier molecular flexibility index (Phi) is 7.11. The number of esters is 1. The molecule has 0 spiro atoms. The molecule has 0 saturated heterocycles. The molecule has 5 aromatic rings. The Morgan fingerprint density at radius 2 is 1.64 bits per heavy atom. The largest absolute Gasteiger partial charge is 0.493 e. The molecule has 0 bridgehead atoms. The van der Waals surface area contributed by atoms with Crippen molar-refractivity contribution in [3.05, 3.63) is 114 Å². The fraction of sp³-hybridized carbons (Fsp3) is 0.257. The summed E-state index contributed by atoms with van der Waals surface area (Å²) in [5.41, 5.74) is 6.41. The molecule has 0 aliphatic carbocycles. The summed E-state index contributed by atoms with van der Waals surface area (Å²) in [7, 11) is 4.06. The Morgan fingerprint density at radius 3 is 2.36 bits per heavy atom. The molecule has 1 aliphatic heterocycles. The first-order valence-corrected chi connectivity index (χ1v) is 14.5. The second-order valence-electron chi connectivity index (χ2n) is 10.6. The van der Waals surface area contributed by atoms with Gasteiger partial charge in [-0.2, -0.15) is 0 Å². The second kappa shape index (κ2) is 10.9. The number of aromatic nitrogens is 2. The molecule has 2 aromatic carbocycles. The molecule has 1 unspecified atom stereocenters. The van der Waals surface area contributed by atoms with Crippen LogP contribution >= 0.6 is 0 Å².